The van der Waals surface area contributed by atoms with Crippen molar-refractivity contribution in [2.45, 2.75) is 12.6 Å². The van der Waals surface area contributed by atoms with Crippen molar-refractivity contribution in [3.63, 3.8) is 0 Å². The summed E-state index contributed by atoms with van der Waals surface area (Å²) in [6, 6.07) is 16.3. The Morgan fingerprint density at radius 2 is 2.13 bits per heavy atom. The number of hydrogen-bond acceptors (Lipinski definition) is 6. The van der Waals surface area contributed by atoms with E-state index in [1.807, 2.05) is 30.3 Å². The van der Waals surface area contributed by atoms with Gasteiger partial charge in [0, 0.05) is 49.2 Å². The van der Waals surface area contributed by atoms with Crippen molar-refractivity contribution in [1.29, 1.82) is 0 Å². The van der Waals surface area contributed by atoms with Gasteiger partial charge < -0.3 is 10.1 Å². The topological polar surface area (TPSA) is 67.4 Å². The maximum absolute atomic E-state index is 12.5. The van der Waals surface area contributed by atoms with E-state index >= 15 is 0 Å². The van der Waals surface area contributed by atoms with Gasteiger partial charge in [-0.3, -0.25) is 14.7 Å². The van der Waals surface area contributed by atoms with Crippen molar-refractivity contribution < 1.29 is 9.53 Å². The van der Waals surface area contributed by atoms with E-state index in [-0.39, 0.29) is 12.0 Å². The molecule has 0 aliphatic carbocycles. The van der Waals surface area contributed by atoms with Crippen LogP contribution in [0.25, 0.3) is 21.1 Å². The molecule has 4 heterocycles. The van der Waals surface area contributed by atoms with E-state index < -0.39 is 0 Å². The van der Waals surface area contributed by atoms with Gasteiger partial charge in [-0.05, 0) is 18.2 Å². The number of pyridine rings is 2. The largest absolute Gasteiger partial charge is 0.371 e. The minimum Gasteiger partial charge on any atom is -0.371 e. The molecule has 1 atom stereocenters. The molecule has 1 aliphatic rings. The zero-order valence-corrected chi connectivity index (χ0v) is 17.5. The third kappa shape index (κ3) is 3.56. The minimum atomic E-state index is -0.176. The van der Waals surface area contributed by atoms with Gasteiger partial charge in [-0.15, -0.1) is 11.3 Å². The van der Waals surface area contributed by atoms with Crippen LogP contribution in [0.15, 0.2) is 54.7 Å². The number of fused-ring (bicyclic) bond motifs is 2. The number of carbonyl (C=O) groups is 1. The van der Waals surface area contributed by atoms with Crippen molar-refractivity contribution in [2.75, 3.05) is 26.7 Å². The van der Waals surface area contributed by atoms with Crippen LogP contribution in [0, 0.1) is 0 Å². The fourth-order valence-corrected chi connectivity index (χ4v) is 5.14. The van der Waals surface area contributed by atoms with E-state index in [0.29, 0.717) is 18.0 Å². The van der Waals surface area contributed by atoms with Crippen LogP contribution < -0.4 is 5.32 Å². The van der Waals surface area contributed by atoms with Gasteiger partial charge in [0.15, 0.2) is 0 Å². The molecule has 1 aliphatic heterocycles. The van der Waals surface area contributed by atoms with Gasteiger partial charge in [-0.2, -0.15) is 0 Å². The fraction of sp³-hybridized carbons (Fsp3) is 0.261. The third-order valence-electron chi connectivity index (χ3n) is 5.45. The first-order chi connectivity index (χ1) is 14.7. The lowest BCUT2D eigenvalue weighted by Gasteiger charge is -2.33. The van der Waals surface area contributed by atoms with Gasteiger partial charge in [0.05, 0.1) is 23.9 Å². The number of ether oxygens (including phenoxy) is 1. The highest BCUT2D eigenvalue weighted by atomic mass is 32.1. The van der Waals surface area contributed by atoms with Crippen LogP contribution >= 0.6 is 11.3 Å². The summed E-state index contributed by atoms with van der Waals surface area (Å²) in [5.74, 6) is -0.0927. The number of thiophene rings is 1. The minimum absolute atomic E-state index is 0.0927. The lowest BCUT2D eigenvalue weighted by molar-refractivity contribution is -0.0326. The first-order valence-corrected chi connectivity index (χ1v) is 10.8. The number of morpholine rings is 1. The summed E-state index contributed by atoms with van der Waals surface area (Å²) in [5.41, 5.74) is 2.99. The summed E-state index contributed by atoms with van der Waals surface area (Å²) in [5, 5.41) is 4.90. The first-order valence-electron chi connectivity index (χ1n) is 10.0. The molecule has 3 aromatic heterocycles. The van der Waals surface area contributed by atoms with Crippen LogP contribution in [0.4, 0.5) is 0 Å². The summed E-state index contributed by atoms with van der Waals surface area (Å²) in [7, 11) is 1.66. The normalized spacial score (nSPS) is 17.4. The van der Waals surface area contributed by atoms with Gasteiger partial charge in [0.1, 0.15) is 9.71 Å². The lowest BCUT2D eigenvalue weighted by Crippen LogP contribution is -2.38. The average Bonchev–Trinajstić information content (AvgIpc) is 3.18. The predicted octanol–water partition coefficient (Wildman–Crippen LogP) is 3.78. The van der Waals surface area contributed by atoms with Gasteiger partial charge in [0.2, 0.25) is 0 Å². The summed E-state index contributed by atoms with van der Waals surface area (Å²) < 4.78 is 6.14. The van der Waals surface area contributed by atoms with Crippen LogP contribution in [0.1, 0.15) is 27.0 Å². The number of aromatic nitrogens is 2. The highest BCUT2D eigenvalue weighted by Gasteiger charge is 2.30. The summed E-state index contributed by atoms with van der Waals surface area (Å²) in [6.45, 7) is 2.91. The van der Waals surface area contributed by atoms with Crippen LogP contribution in [0.3, 0.4) is 0 Å². The molecule has 0 saturated carbocycles. The van der Waals surface area contributed by atoms with Gasteiger partial charge in [-0.25, -0.2) is 4.98 Å². The number of benzene rings is 1. The second-order valence-electron chi connectivity index (χ2n) is 7.37. The van der Waals surface area contributed by atoms with E-state index in [0.717, 1.165) is 45.5 Å². The number of amides is 1. The highest BCUT2D eigenvalue weighted by Crippen LogP contribution is 2.37. The zero-order valence-electron chi connectivity index (χ0n) is 16.7. The molecule has 0 unspecified atom stereocenters. The Kier molecular flexibility index (Phi) is 5.16. The SMILES string of the molecule is CNC(=O)c1sc2ncccc2c1[C@@H]1CN(Cc2ccc3ccccc3n2)CCO1. The molecule has 1 aromatic carbocycles. The van der Waals surface area contributed by atoms with Gasteiger partial charge in [0.25, 0.3) is 5.91 Å². The van der Waals surface area contributed by atoms with Gasteiger partial charge in [-0.1, -0.05) is 30.3 Å². The highest BCUT2D eigenvalue weighted by molar-refractivity contribution is 7.20. The Hall–Kier alpha value is -2.87. The lowest BCUT2D eigenvalue weighted by atomic mass is 10.0. The Balaban J connectivity index is 1.43. The van der Waals surface area contributed by atoms with Crippen molar-refractivity contribution in [1.82, 2.24) is 20.2 Å². The molecule has 5 rings (SSSR count). The smallest absolute Gasteiger partial charge is 0.261 e. The van der Waals surface area contributed by atoms with Crippen molar-refractivity contribution in [2.24, 2.45) is 0 Å². The van der Waals surface area contributed by atoms with Crippen molar-refractivity contribution >= 4 is 38.4 Å². The van der Waals surface area contributed by atoms with E-state index in [9.17, 15) is 4.79 Å². The van der Waals surface area contributed by atoms with E-state index in [2.05, 4.69) is 33.4 Å². The standard InChI is InChI=1S/C23H22N4O2S/c1-24-22(28)21-20(17-6-4-10-25-23(17)30-21)19-14-27(11-12-29-19)13-16-9-8-15-5-2-3-7-18(15)26-16/h2-10,19H,11-14H2,1H3,(H,24,28)/t19-/m0/s1. The predicted molar refractivity (Wildman–Crippen MR) is 119 cm³/mol. The summed E-state index contributed by atoms with van der Waals surface area (Å²) in [4.78, 5) is 25.7. The number of para-hydroxylation sites is 1. The van der Waals surface area contributed by atoms with Crippen molar-refractivity contribution in [3.8, 4) is 0 Å². The van der Waals surface area contributed by atoms with Crippen LogP contribution in [0.2, 0.25) is 0 Å². The molecule has 1 fully saturated rings. The van der Waals surface area contributed by atoms with Crippen molar-refractivity contribution in [3.05, 3.63) is 70.9 Å². The second kappa shape index (κ2) is 8.10. The zero-order chi connectivity index (χ0) is 20.5. The van der Waals surface area contributed by atoms with Crippen LogP contribution in [-0.4, -0.2) is 47.5 Å². The molecule has 1 amide bonds. The number of nitrogens with one attached hydrogen (secondary N) is 1. The summed E-state index contributed by atoms with van der Waals surface area (Å²) >= 11 is 1.42. The molecule has 0 bridgehead atoms. The molecule has 1 N–H and O–H groups in total. The molecule has 0 spiro atoms. The molecule has 1 saturated heterocycles. The molecular weight excluding hydrogens is 396 g/mol. The summed E-state index contributed by atoms with van der Waals surface area (Å²) in [6.07, 6.45) is 1.58. The molecule has 7 heteroatoms. The monoisotopic (exact) mass is 418 g/mol. The molecule has 0 radical (unpaired) electrons. The number of rotatable bonds is 4. The maximum Gasteiger partial charge on any atom is 0.261 e. The Morgan fingerprint density at radius 3 is 3.03 bits per heavy atom. The molecular formula is C23H22N4O2S. The Bertz CT molecular complexity index is 1220. The third-order valence-corrected chi connectivity index (χ3v) is 6.58. The molecule has 6 nitrogen and oxygen atoms in total. The van der Waals surface area contributed by atoms with Crippen LogP contribution in [-0.2, 0) is 11.3 Å². The Labute approximate surface area is 178 Å². The Morgan fingerprint density at radius 1 is 1.23 bits per heavy atom. The van der Waals surface area contributed by atoms with E-state index in [1.54, 1.807) is 13.2 Å². The van der Waals surface area contributed by atoms with E-state index in [1.165, 1.54) is 11.3 Å². The second-order valence-corrected chi connectivity index (χ2v) is 8.37. The molecule has 30 heavy (non-hydrogen) atoms. The average molecular weight is 419 g/mol. The number of nitrogens with zero attached hydrogens (tertiary/aromatic N) is 3. The fourth-order valence-electron chi connectivity index (χ4n) is 4.00. The maximum atomic E-state index is 12.5. The molecule has 4 aromatic rings. The van der Waals surface area contributed by atoms with Crippen LogP contribution in [0.5, 0.6) is 0 Å². The molecule has 152 valence electrons. The van der Waals surface area contributed by atoms with Gasteiger partial charge >= 0.3 is 0 Å². The number of hydrogen-bond donors (Lipinski definition) is 1. The first kappa shape index (κ1) is 19.1. The number of carbonyl (C=O) groups excluding carboxylic acids is 1. The quantitative estimate of drug-likeness (QED) is 0.546. The van der Waals surface area contributed by atoms with E-state index in [4.69, 9.17) is 9.72 Å².